The maximum Gasteiger partial charge on any atom is 0.416 e. The lowest BCUT2D eigenvalue weighted by Crippen LogP contribution is -2.49. The van der Waals surface area contributed by atoms with Crippen molar-refractivity contribution in [1.29, 1.82) is 0 Å². The predicted octanol–water partition coefficient (Wildman–Crippen LogP) is 4.13. The summed E-state index contributed by atoms with van der Waals surface area (Å²) in [6, 6.07) is 12.0. The van der Waals surface area contributed by atoms with Crippen LogP contribution in [0.1, 0.15) is 17.2 Å². The summed E-state index contributed by atoms with van der Waals surface area (Å²) >= 11 is 0. The third-order valence-electron chi connectivity index (χ3n) is 5.37. The summed E-state index contributed by atoms with van der Waals surface area (Å²) in [5.41, 5.74) is 1.38. The van der Waals surface area contributed by atoms with Crippen LogP contribution in [0.4, 0.5) is 18.9 Å². The standard InChI is InChI=1S/C21H20F3N3O2/c22-21(23,24)14-4-3-5-15(12-14)26-8-10-27(11-9-26)19(20(28)29)17-13-25-18-7-2-1-6-16(17)18/h1-7,12-13,19,25H,8-11H2,(H,28,29)/t19-/m0/s1. The zero-order chi connectivity index (χ0) is 20.6. The minimum absolute atomic E-state index is 0.437. The van der Waals surface area contributed by atoms with Gasteiger partial charge in [-0.15, -0.1) is 0 Å². The normalized spacial score (nSPS) is 16.9. The van der Waals surface area contributed by atoms with Gasteiger partial charge < -0.3 is 15.0 Å². The van der Waals surface area contributed by atoms with Gasteiger partial charge in [-0.3, -0.25) is 9.69 Å². The Bertz CT molecular complexity index is 1020. The van der Waals surface area contributed by atoms with Crippen LogP contribution in [-0.4, -0.2) is 47.1 Å². The molecule has 0 saturated carbocycles. The van der Waals surface area contributed by atoms with Crippen molar-refractivity contribution in [2.75, 3.05) is 31.1 Å². The van der Waals surface area contributed by atoms with Crippen molar-refractivity contribution in [3.63, 3.8) is 0 Å². The molecule has 2 N–H and O–H groups in total. The quantitative estimate of drug-likeness (QED) is 0.688. The predicted molar refractivity (Wildman–Crippen MR) is 104 cm³/mol. The summed E-state index contributed by atoms with van der Waals surface area (Å²) in [6.07, 6.45) is -2.66. The van der Waals surface area contributed by atoms with E-state index in [-0.39, 0.29) is 0 Å². The number of carboxylic acids is 1. The first kappa shape index (κ1) is 19.3. The highest BCUT2D eigenvalue weighted by Gasteiger charge is 2.33. The maximum absolute atomic E-state index is 13.0. The van der Waals surface area contributed by atoms with Gasteiger partial charge in [-0.25, -0.2) is 0 Å². The Balaban J connectivity index is 1.53. The molecule has 1 fully saturated rings. The molecule has 0 spiro atoms. The molecule has 0 unspecified atom stereocenters. The number of carbonyl (C=O) groups is 1. The molecule has 0 aliphatic carbocycles. The van der Waals surface area contributed by atoms with Gasteiger partial charge in [0.1, 0.15) is 6.04 Å². The van der Waals surface area contributed by atoms with E-state index in [1.54, 1.807) is 12.3 Å². The van der Waals surface area contributed by atoms with E-state index in [1.807, 2.05) is 34.1 Å². The Hall–Kier alpha value is -3.00. The van der Waals surface area contributed by atoms with Gasteiger partial charge in [0, 0.05) is 54.5 Å². The Morgan fingerprint density at radius 1 is 1.03 bits per heavy atom. The number of anilines is 1. The number of para-hydroxylation sites is 1. The van der Waals surface area contributed by atoms with Crippen molar-refractivity contribution in [1.82, 2.24) is 9.88 Å². The molecule has 1 atom stereocenters. The number of nitrogens with zero attached hydrogens (tertiary/aromatic N) is 2. The van der Waals surface area contributed by atoms with E-state index < -0.39 is 23.8 Å². The largest absolute Gasteiger partial charge is 0.480 e. The third-order valence-corrected chi connectivity index (χ3v) is 5.37. The SMILES string of the molecule is O=C(O)[C@H](c1c[nH]c2ccccc12)N1CCN(c2cccc(C(F)(F)F)c2)CC1. The van der Waals surface area contributed by atoms with Crippen LogP contribution in [0.5, 0.6) is 0 Å². The number of halogens is 3. The van der Waals surface area contributed by atoms with Gasteiger partial charge in [0.25, 0.3) is 0 Å². The van der Waals surface area contributed by atoms with Crippen LogP contribution in [0.2, 0.25) is 0 Å². The number of carboxylic acid groups (broad SMARTS) is 1. The number of hydrogen-bond acceptors (Lipinski definition) is 3. The number of aliphatic carboxylic acids is 1. The summed E-state index contributed by atoms with van der Waals surface area (Å²) in [5, 5.41) is 10.7. The van der Waals surface area contributed by atoms with E-state index in [2.05, 4.69) is 4.98 Å². The molecule has 0 amide bonds. The molecule has 0 bridgehead atoms. The molecule has 1 aliphatic rings. The second kappa shape index (κ2) is 7.44. The minimum atomic E-state index is -4.39. The highest BCUT2D eigenvalue weighted by atomic mass is 19.4. The number of hydrogen-bond donors (Lipinski definition) is 2. The fourth-order valence-electron chi connectivity index (χ4n) is 3.92. The Kier molecular flexibility index (Phi) is 4.96. The topological polar surface area (TPSA) is 59.6 Å². The van der Waals surface area contributed by atoms with Crippen molar-refractivity contribution < 1.29 is 23.1 Å². The molecule has 2 heterocycles. The first-order valence-electron chi connectivity index (χ1n) is 9.29. The highest BCUT2D eigenvalue weighted by molar-refractivity contribution is 5.89. The number of rotatable bonds is 4. The zero-order valence-electron chi connectivity index (χ0n) is 15.5. The molecule has 2 aromatic carbocycles. The van der Waals surface area contributed by atoms with Gasteiger partial charge in [0.2, 0.25) is 0 Å². The average Bonchev–Trinajstić information content (AvgIpc) is 3.12. The molecule has 152 valence electrons. The molecule has 0 radical (unpaired) electrons. The van der Waals surface area contributed by atoms with Crippen LogP contribution in [0, 0.1) is 0 Å². The number of alkyl halides is 3. The number of piperazine rings is 1. The van der Waals surface area contributed by atoms with Gasteiger partial charge in [-0.2, -0.15) is 13.2 Å². The van der Waals surface area contributed by atoms with Crippen molar-refractivity contribution in [3.05, 3.63) is 65.9 Å². The van der Waals surface area contributed by atoms with Crippen LogP contribution in [-0.2, 0) is 11.0 Å². The maximum atomic E-state index is 13.0. The van der Waals surface area contributed by atoms with E-state index in [0.29, 0.717) is 37.4 Å². The lowest BCUT2D eigenvalue weighted by atomic mass is 10.0. The number of fused-ring (bicyclic) bond motifs is 1. The van der Waals surface area contributed by atoms with Crippen molar-refractivity contribution in [2.24, 2.45) is 0 Å². The fraction of sp³-hybridized carbons (Fsp3) is 0.286. The summed E-state index contributed by atoms with van der Waals surface area (Å²) in [7, 11) is 0. The summed E-state index contributed by atoms with van der Waals surface area (Å²) in [6.45, 7) is 1.78. The van der Waals surface area contributed by atoms with E-state index in [0.717, 1.165) is 23.0 Å². The minimum Gasteiger partial charge on any atom is -0.480 e. The smallest absolute Gasteiger partial charge is 0.416 e. The van der Waals surface area contributed by atoms with Crippen LogP contribution in [0.15, 0.2) is 54.7 Å². The highest BCUT2D eigenvalue weighted by Crippen LogP contribution is 2.33. The molecular formula is C21H20F3N3O2. The van der Waals surface area contributed by atoms with E-state index >= 15 is 0 Å². The molecule has 1 aliphatic heterocycles. The molecule has 8 heteroatoms. The second-order valence-corrected chi connectivity index (χ2v) is 7.10. The van der Waals surface area contributed by atoms with E-state index in [4.69, 9.17) is 0 Å². The lowest BCUT2D eigenvalue weighted by molar-refractivity contribution is -0.143. The molecular weight excluding hydrogens is 383 g/mol. The summed E-state index contributed by atoms with van der Waals surface area (Å²) < 4.78 is 38.9. The van der Waals surface area contributed by atoms with Crippen molar-refractivity contribution in [2.45, 2.75) is 12.2 Å². The lowest BCUT2D eigenvalue weighted by Gasteiger charge is -2.39. The Morgan fingerprint density at radius 2 is 1.76 bits per heavy atom. The van der Waals surface area contributed by atoms with Crippen LogP contribution in [0.3, 0.4) is 0 Å². The number of H-pyrrole nitrogens is 1. The van der Waals surface area contributed by atoms with Gasteiger partial charge in [0.05, 0.1) is 5.56 Å². The first-order chi connectivity index (χ1) is 13.8. The first-order valence-corrected chi connectivity index (χ1v) is 9.29. The number of nitrogens with one attached hydrogen (secondary N) is 1. The van der Waals surface area contributed by atoms with Crippen molar-refractivity contribution >= 4 is 22.6 Å². The summed E-state index contributed by atoms with van der Waals surface area (Å²) in [4.78, 5) is 18.9. The van der Waals surface area contributed by atoms with Crippen molar-refractivity contribution in [3.8, 4) is 0 Å². The average molecular weight is 403 g/mol. The summed E-state index contributed by atoms with van der Waals surface area (Å²) in [5.74, 6) is -0.942. The Morgan fingerprint density at radius 3 is 2.45 bits per heavy atom. The Labute approximate surface area is 165 Å². The van der Waals surface area contributed by atoms with Gasteiger partial charge in [0.15, 0.2) is 0 Å². The molecule has 4 rings (SSSR count). The molecule has 5 nitrogen and oxygen atoms in total. The molecule has 1 aromatic heterocycles. The van der Waals surface area contributed by atoms with Crippen LogP contribution in [0.25, 0.3) is 10.9 Å². The fourth-order valence-corrected chi connectivity index (χ4v) is 3.92. The molecule has 3 aromatic rings. The van der Waals surface area contributed by atoms with Gasteiger partial charge in [-0.05, 0) is 24.3 Å². The zero-order valence-corrected chi connectivity index (χ0v) is 15.5. The van der Waals surface area contributed by atoms with E-state index in [1.165, 1.54) is 6.07 Å². The number of aromatic amines is 1. The third kappa shape index (κ3) is 3.80. The van der Waals surface area contributed by atoms with E-state index in [9.17, 15) is 23.1 Å². The van der Waals surface area contributed by atoms with Gasteiger partial charge >= 0.3 is 12.1 Å². The molecule has 1 saturated heterocycles. The second-order valence-electron chi connectivity index (χ2n) is 7.10. The molecule has 29 heavy (non-hydrogen) atoms. The number of benzene rings is 2. The number of aromatic nitrogens is 1. The van der Waals surface area contributed by atoms with Crippen LogP contribution >= 0.6 is 0 Å². The monoisotopic (exact) mass is 403 g/mol. The van der Waals surface area contributed by atoms with Gasteiger partial charge in [-0.1, -0.05) is 24.3 Å². The van der Waals surface area contributed by atoms with Crippen LogP contribution < -0.4 is 4.90 Å².